The van der Waals surface area contributed by atoms with Crippen molar-refractivity contribution in [3.8, 4) is 5.69 Å². The molecule has 7 heteroatoms. The summed E-state index contributed by atoms with van der Waals surface area (Å²) >= 11 is 7.44. The third-order valence-electron chi connectivity index (χ3n) is 3.34. The third-order valence-corrected chi connectivity index (χ3v) is 4.21. The predicted molar refractivity (Wildman–Crippen MR) is 92.0 cm³/mol. The van der Waals surface area contributed by atoms with Gasteiger partial charge in [0, 0.05) is 18.0 Å². The summed E-state index contributed by atoms with van der Waals surface area (Å²) in [4.78, 5) is 21.2. The predicted octanol–water partition coefficient (Wildman–Crippen LogP) is 3.94. The number of halogens is 2. The number of thioether (sulfide) groups is 1. The molecule has 3 aromatic rings. The SMILES string of the molecule is C=Cc1cn(-c2c(F)cccc2Cl)c(=O)c2cnc(SC)nc12. The number of benzene rings is 1. The second-order valence-electron chi connectivity index (χ2n) is 4.65. The smallest absolute Gasteiger partial charge is 0.266 e. The molecular weight excluding hydrogens is 337 g/mol. The number of aromatic nitrogens is 3. The largest absolute Gasteiger partial charge is 0.279 e. The van der Waals surface area contributed by atoms with Gasteiger partial charge in [0.25, 0.3) is 5.56 Å². The van der Waals surface area contributed by atoms with Crippen LogP contribution >= 0.6 is 23.4 Å². The number of rotatable bonds is 3. The molecule has 0 bridgehead atoms. The van der Waals surface area contributed by atoms with Gasteiger partial charge in [0.15, 0.2) is 5.16 Å². The summed E-state index contributed by atoms with van der Waals surface area (Å²) < 4.78 is 15.3. The summed E-state index contributed by atoms with van der Waals surface area (Å²) in [6.07, 6.45) is 6.33. The third kappa shape index (κ3) is 2.64. The summed E-state index contributed by atoms with van der Waals surface area (Å²) in [5.41, 5.74) is 0.632. The van der Waals surface area contributed by atoms with E-state index in [2.05, 4.69) is 16.5 Å². The average Bonchev–Trinajstić information content (AvgIpc) is 2.56. The fourth-order valence-corrected chi connectivity index (χ4v) is 2.86. The molecule has 0 N–H and O–H groups in total. The van der Waals surface area contributed by atoms with E-state index in [4.69, 9.17) is 11.6 Å². The van der Waals surface area contributed by atoms with Gasteiger partial charge in [-0.05, 0) is 18.4 Å². The number of pyridine rings is 1. The number of fused-ring (bicyclic) bond motifs is 1. The van der Waals surface area contributed by atoms with E-state index in [1.165, 1.54) is 46.9 Å². The molecule has 0 saturated carbocycles. The lowest BCUT2D eigenvalue weighted by Gasteiger charge is -2.12. The van der Waals surface area contributed by atoms with Gasteiger partial charge in [0.05, 0.1) is 15.9 Å². The Balaban J connectivity index is 2.43. The van der Waals surface area contributed by atoms with Crippen molar-refractivity contribution in [2.75, 3.05) is 6.26 Å². The minimum absolute atomic E-state index is 0.00175. The zero-order valence-electron chi connectivity index (χ0n) is 12.1. The van der Waals surface area contributed by atoms with Crippen LogP contribution in [0.25, 0.3) is 22.7 Å². The van der Waals surface area contributed by atoms with E-state index in [9.17, 15) is 9.18 Å². The molecule has 0 aliphatic rings. The van der Waals surface area contributed by atoms with Crippen LogP contribution in [0.5, 0.6) is 0 Å². The molecule has 0 atom stereocenters. The van der Waals surface area contributed by atoms with Crippen molar-refractivity contribution in [3.05, 3.63) is 63.9 Å². The minimum Gasteiger partial charge on any atom is -0.279 e. The molecule has 0 aliphatic carbocycles. The molecule has 0 radical (unpaired) electrons. The van der Waals surface area contributed by atoms with Crippen LogP contribution in [0.3, 0.4) is 0 Å². The fourth-order valence-electron chi connectivity index (χ4n) is 2.26. The van der Waals surface area contributed by atoms with Crippen molar-refractivity contribution in [2.24, 2.45) is 0 Å². The molecule has 3 rings (SSSR count). The number of nitrogens with zero attached hydrogens (tertiary/aromatic N) is 3. The van der Waals surface area contributed by atoms with Crippen LogP contribution in [-0.4, -0.2) is 20.8 Å². The van der Waals surface area contributed by atoms with Crippen molar-refractivity contribution in [1.29, 1.82) is 0 Å². The normalized spacial score (nSPS) is 10.9. The van der Waals surface area contributed by atoms with Gasteiger partial charge in [-0.1, -0.05) is 42.1 Å². The van der Waals surface area contributed by atoms with Crippen LogP contribution in [0.4, 0.5) is 4.39 Å². The highest BCUT2D eigenvalue weighted by molar-refractivity contribution is 7.98. The van der Waals surface area contributed by atoms with Crippen LogP contribution in [0.1, 0.15) is 5.56 Å². The lowest BCUT2D eigenvalue weighted by atomic mass is 10.2. The zero-order chi connectivity index (χ0) is 16.6. The van der Waals surface area contributed by atoms with Gasteiger partial charge in [-0.3, -0.25) is 9.36 Å². The molecule has 2 aromatic heterocycles. The topological polar surface area (TPSA) is 47.8 Å². The number of hydrogen-bond acceptors (Lipinski definition) is 4. The van der Waals surface area contributed by atoms with E-state index in [1.807, 2.05) is 6.26 Å². The minimum atomic E-state index is -0.587. The van der Waals surface area contributed by atoms with Gasteiger partial charge in [-0.2, -0.15) is 0 Å². The lowest BCUT2D eigenvalue weighted by Crippen LogP contribution is -2.21. The Hall–Kier alpha value is -2.18. The quantitative estimate of drug-likeness (QED) is 0.532. The van der Waals surface area contributed by atoms with Gasteiger partial charge in [-0.15, -0.1) is 0 Å². The average molecular weight is 348 g/mol. The van der Waals surface area contributed by atoms with E-state index >= 15 is 0 Å². The highest BCUT2D eigenvalue weighted by Crippen LogP contribution is 2.25. The second-order valence-corrected chi connectivity index (χ2v) is 5.83. The molecule has 0 spiro atoms. The van der Waals surface area contributed by atoms with Crippen LogP contribution in [0.2, 0.25) is 5.02 Å². The summed E-state index contributed by atoms with van der Waals surface area (Å²) in [7, 11) is 0. The van der Waals surface area contributed by atoms with E-state index in [0.717, 1.165) is 0 Å². The first-order valence-electron chi connectivity index (χ1n) is 6.60. The van der Waals surface area contributed by atoms with E-state index in [0.29, 0.717) is 16.2 Å². The van der Waals surface area contributed by atoms with Gasteiger partial charge >= 0.3 is 0 Å². The van der Waals surface area contributed by atoms with Crippen LogP contribution in [0.15, 0.2) is 47.1 Å². The Labute approximate surface area is 140 Å². The van der Waals surface area contributed by atoms with Crippen molar-refractivity contribution in [1.82, 2.24) is 14.5 Å². The van der Waals surface area contributed by atoms with Crippen molar-refractivity contribution < 1.29 is 4.39 Å². The second kappa shape index (κ2) is 6.14. The molecule has 23 heavy (non-hydrogen) atoms. The van der Waals surface area contributed by atoms with Crippen LogP contribution in [0, 0.1) is 5.82 Å². The fraction of sp³-hybridized carbons (Fsp3) is 0.0625. The van der Waals surface area contributed by atoms with Crippen molar-refractivity contribution >= 4 is 40.3 Å². The highest BCUT2D eigenvalue weighted by Gasteiger charge is 2.16. The molecule has 0 unspecified atom stereocenters. The molecule has 0 fully saturated rings. The van der Waals surface area contributed by atoms with E-state index in [-0.39, 0.29) is 16.1 Å². The maximum Gasteiger partial charge on any atom is 0.266 e. The maximum atomic E-state index is 14.2. The van der Waals surface area contributed by atoms with Gasteiger partial charge in [-0.25, -0.2) is 14.4 Å². The molecule has 0 amide bonds. The van der Waals surface area contributed by atoms with E-state index < -0.39 is 11.4 Å². The first kappa shape index (κ1) is 15.7. The Kier molecular flexibility index (Phi) is 4.19. The molecule has 1 aromatic carbocycles. The molecule has 4 nitrogen and oxygen atoms in total. The molecule has 116 valence electrons. The lowest BCUT2D eigenvalue weighted by molar-refractivity contribution is 0.616. The number of hydrogen-bond donors (Lipinski definition) is 0. The zero-order valence-corrected chi connectivity index (χ0v) is 13.7. The van der Waals surface area contributed by atoms with Gasteiger partial charge < -0.3 is 0 Å². The van der Waals surface area contributed by atoms with Gasteiger partial charge in [0.1, 0.15) is 11.5 Å². The first-order valence-corrected chi connectivity index (χ1v) is 8.20. The van der Waals surface area contributed by atoms with Crippen LogP contribution in [-0.2, 0) is 0 Å². The monoisotopic (exact) mass is 347 g/mol. The van der Waals surface area contributed by atoms with Crippen LogP contribution < -0.4 is 5.56 Å². The Bertz CT molecular complexity index is 967. The Morgan fingerprint density at radius 2 is 2.22 bits per heavy atom. The summed E-state index contributed by atoms with van der Waals surface area (Å²) in [5.74, 6) is -0.587. The van der Waals surface area contributed by atoms with Crippen molar-refractivity contribution in [2.45, 2.75) is 5.16 Å². The molecule has 0 saturated heterocycles. The van der Waals surface area contributed by atoms with Gasteiger partial charge in [0.2, 0.25) is 0 Å². The molecular formula is C16H11ClFN3OS. The van der Waals surface area contributed by atoms with Crippen molar-refractivity contribution in [3.63, 3.8) is 0 Å². The first-order chi connectivity index (χ1) is 11.1. The molecule has 2 heterocycles. The molecule has 0 aliphatic heterocycles. The number of para-hydroxylation sites is 1. The summed E-state index contributed by atoms with van der Waals surface area (Å²) in [5, 5.41) is 0.962. The summed E-state index contributed by atoms with van der Waals surface area (Å²) in [6, 6.07) is 4.26. The Morgan fingerprint density at radius 1 is 1.43 bits per heavy atom. The maximum absolute atomic E-state index is 14.2. The van der Waals surface area contributed by atoms with E-state index in [1.54, 1.807) is 6.08 Å². The summed E-state index contributed by atoms with van der Waals surface area (Å²) in [6.45, 7) is 3.74. The standard InChI is InChI=1S/C16H11ClFN3OS/c1-3-9-8-21(14-11(17)5-4-6-12(14)18)15(22)10-7-19-16(23-2)20-13(9)10/h3-8H,1H2,2H3. The Morgan fingerprint density at radius 3 is 2.87 bits per heavy atom. The highest BCUT2D eigenvalue weighted by atomic mass is 35.5.